The predicted octanol–water partition coefficient (Wildman–Crippen LogP) is 5.88. The highest BCUT2D eigenvalue weighted by Crippen LogP contribution is 2.38. The van der Waals surface area contributed by atoms with Crippen LogP contribution in [0.1, 0.15) is 28.4 Å². The lowest BCUT2D eigenvalue weighted by molar-refractivity contribution is -0.118. The molecule has 0 aliphatic rings. The lowest BCUT2D eigenvalue weighted by Gasteiger charge is -2.11. The highest BCUT2D eigenvalue weighted by Gasteiger charge is 2.23. The molecule has 0 unspecified atom stereocenters. The molecule has 0 aliphatic heterocycles. The zero-order chi connectivity index (χ0) is 21.7. The lowest BCUT2D eigenvalue weighted by atomic mass is 9.97. The molecule has 3 rings (SSSR count). The third-order valence-electron chi connectivity index (χ3n) is 4.39. The summed E-state index contributed by atoms with van der Waals surface area (Å²) in [6.45, 7) is 5.76. The number of nitrogens with one attached hydrogen (secondary N) is 1. The molecule has 0 aliphatic carbocycles. The van der Waals surface area contributed by atoms with E-state index in [1.54, 1.807) is 31.2 Å². The number of amides is 1. The summed E-state index contributed by atoms with van der Waals surface area (Å²) in [6.07, 6.45) is 0. The molecule has 0 saturated heterocycles. The van der Waals surface area contributed by atoms with Gasteiger partial charge in [0, 0.05) is 10.9 Å². The van der Waals surface area contributed by atoms with Gasteiger partial charge in [-0.1, -0.05) is 47.5 Å². The number of esters is 1. The highest BCUT2D eigenvalue weighted by molar-refractivity contribution is 7.15. The zero-order valence-electron chi connectivity index (χ0n) is 17.0. The van der Waals surface area contributed by atoms with Crippen LogP contribution in [0.4, 0.5) is 5.00 Å². The minimum Gasteiger partial charge on any atom is -0.482 e. The van der Waals surface area contributed by atoms with Crippen molar-refractivity contribution in [3.05, 3.63) is 69.6 Å². The molecule has 30 heavy (non-hydrogen) atoms. The number of carbonyl (C=O) groups is 2. The monoisotopic (exact) mass is 443 g/mol. The van der Waals surface area contributed by atoms with Gasteiger partial charge in [-0.15, -0.1) is 11.3 Å². The number of rotatable bonds is 7. The molecule has 0 fully saturated rings. The van der Waals surface area contributed by atoms with E-state index >= 15 is 0 Å². The van der Waals surface area contributed by atoms with E-state index in [-0.39, 0.29) is 13.2 Å². The summed E-state index contributed by atoms with van der Waals surface area (Å²) in [5.74, 6) is -0.451. The number of aryl methyl sites for hydroxylation is 2. The summed E-state index contributed by atoms with van der Waals surface area (Å²) in [7, 11) is 0. The Labute approximate surface area is 184 Å². The summed E-state index contributed by atoms with van der Waals surface area (Å²) >= 11 is 7.33. The van der Waals surface area contributed by atoms with E-state index in [1.165, 1.54) is 11.3 Å². The maximum atomic E-state index is 12.7. The standard InChI is InChI=1S/C23H22ClNO4S/c1-4-28-23(27)21-17(16-10-9-14(2)11-15(16)3)13-30-22(21)25-20(26)12-29-19-8-6-5-7-18(19)24/h5-11,13H,4,12H2,1-3H3,(H,25,26). The van der Waals surface area contributed by atoms with Crippen molar-refractivity contribution < 1.29 is 19.1 Å². The second-order valence-electron chi connectivity index (χ2n) is 6.66. The number of hydrogen-bond donors (Lipinski definition) is 1. The van der Waals surface area contributed by atoms with Crippen molar-refractivity contribution in [2.75, 3.05) is 18.5 Å². The zero-order valence-corrected chi connectivity index (χ0v) is 18.5. The number of halogens is 1. The molecule has 7 heteroatoms. The Bertz CT molecular complexity index is 1080. The summed E-state index contributed by atoms with van der Waals surface area (Å²) in [5, 5.41) is 5.48. The van der Waals surface area contributed by atoms with Gasteiger partial charge in [0.25, 0.3) is 5.91 Å². The number of ether oxygens (including phenoxy) is 2. The average molecular weight is 444 g/mol. The minimum atomic E-state index is -0.476. The fraction of sp³-hybridized carbons (Fsp3) is 0.217. The molecule has 0 spiro atoms. The van der Waals surface area contributed by atoms with Gasteiger partial charge in [0.2, 0.25) is 0 Å². The Hall–Kier alpha value is -2.83. The van der Waals surface area contributed by atoms with Crippen LogP contribution in [0.2, 0.25) is 5.02 Å². The van der Waals surface area contributed by atoms with E-state index in [4.69, 9.17) is 21.1 Å². The van der Waals surface area contributed by atoms with E-state index in [0.29, 0.717) is 21.3 Å². The first-order chi connectivity index (χ1) is 14.4. The highest BCUT2D eigenvalue weighted by atomic mass is 35.5. The molecular weight excluding hydrogens is 422 g/mol. The van der Waals surface area contributed by atoms with Crippen molar-refractivity contribution in [1.82, 2.24) is 0 Å². The second kappa shape index (κ2) is 9.78. The fourth-order valence-electron chi connectivity index (χ4n) is 3.04. The molecule has 0 saturated carbocycles. The Morgan fingerprint density at radius 3 is 2.57 bits per heavy atom. The van der Waals surface area contributed by atoms with Crippen molar-refractivity contribution in [3.8, 4) is 16.9 Å². The van der Waals surface area contributed by atoms with Gasteiger partial charge in [0.05, 0.1) is 11.6 Å². The first kappa shape index (κ1) is 21.9. The molecule has 0 bridgehead atoms. The molecule has 1 aromatic heterocycles. The van der Waals surface area contributed by atoms with Crippen LogP contribution in [0, 0.1) is 13.8 Å². The number of carbonyl (C=O) groups excluding carboxylic acids is 2. The van der Waals surface area contributed by atoms with Gasteiger partial charge in [0.1, 0.15) is 16.3 Å². The van der Waals surface area contributed by atoms with Gasteiger partial charge >= 0.3 is 5.97 Å². The predicted molar refractivity (Wildman–Crippen MR) is 121 cm³/mol. The van der Waals surface area contributed by atoms with Crippen LogP contribution >= 0.6 is 22.9 Å². The van der Waals surface area contributed by atoms with Crippen LogP contribution in [-0.4, -0.2) is 25.1 Å². The van der Waals surface area contributed by atoms with Gasteiger partial charge in [-0.2, -0.15) is 0 Å². The normalized spacial score (nSPS) is 10.5. The van der Waals surface area contributed by atoms with Crippen LogP contribution < -0.4 is 10.1 Å². The average Bonchev–Trinajstić information content (AvgIpc) is 3.10. The molecular formula is C23H22ClNO4S. The summed E-state index contributed by atoms with van der Waals surface area (Å²) < 4.78 is 10.7. The number of anilines is 1. The van der Waals surface area contributed by atoms with Crippen LogP contribution in [0.25, 0.3) is 11.1 Å². The van der Waals surface area contributed by atoms with Gasteiger partial charge in [-0.05, 0) is 44.0 Å². The van der Waals surface area contributed by atoms with Gasteiger partial charge in [-0.3, -0.25) is 4.79 Å². The van der Waals surface area contributed by atoms with Crippen molar-refractivity contribution in [2.45, 2.75) is 20.8 Å². The number of benzene rings is 2. The number of thiophene rings is 1. The van der Waals surface area contributed by atoms with Crippen LogP contribution in [-0.2, 0) is 9.53 Å². The molecule has 3 aromatic rings. The van der Waals surface area contributed by atoms with Gasteiger partial charge < -0.3 is 14.8 Å². The topological polar surface area (TPSA) is 64.6 Å². The Balaban J connectivity index is 1.85. The fourth-order valence-corrected chi connectivity index (χ4v) is 4.19. The largest absolute Gasteiger partial charge is 0.482 e. The molecule has 2 aromatic carbocycles. The summed E-state index contributed by atoms with van der Waals surface area (Å²) in [5.41, 5.74) is 4.18. The second-order valence-corrected chi connectivity index (χ2v) is 7.95. The summed E-state index contributed by atoms with van der Waals surface area (Å²) in [6, 6.07) is 12.9. The molecule has 5 nitrogen and oxygen atoms in total. The first-order valence-electron chi connectivity index (χ1n) is 9.44. The van der Waals surface area contributed by atoms with Crippen LogP contribution in [0.15, 0.2) is 47.8 Å². The van der Waals surface area contributed by atoms with Crippen molar-refractivity contribution in [1.29, 1.82) is 0 Å². The SMILES string of the molecule is CCOC(=O)c1c(-c2ccc(C)cc2C)csc1NC(=O)COc1ccccc1Cl. The van der Waals surface area contributed by atoms with Crippen molar-refractivity contribution in [3.63, 3.8) is 0 Å². The van der Waals surface area contributed by atoms with Crippen LogP contribution in [0.5, 0.6) is 5.75 Å². The lowest BCUT2D eigenvalue weighted by Crippen LogP contribution is -2.21. The van der Waals surface area contributed by atoms with Crippen molar-refractivity contribution >= 4 is 39.8 Å². The Morgan fingerprint density at radius 1 is 1.10 bits per heavy atom. The van der Waals surface area contributed by atoms with E-state index < -0.39 is 11.9 Å². The quantitative estimate of drug-likeness (QED) is 0.463. The van der Waals surface area contributed by atoms with E-state index in [9.17, 15) is 9.59 Å². The van der Waals surface area contributed by atoms with Crippen molar-refractivity contribution in [2.24, 2.45) is 0 Å². The maximum absolute atomic E-state index is 12.7. The third-order valence-corrected chi connectivity index (χ3v) is 5.60. The summed E-state index contributed by atoms with van der Waals surface area (Å²) in [4.78, 5) is 25.2. The molecule has 1 amide bonds. The molecule has 0 radical (unpaired) electrons. The van der Waals surface area contributed by atoms with E-state index in [2.05, 4.69) is 11.4 Å². The number of hydrogen-bond acceptors (Lipinski definition) is 5. The third kappa shape index (κ3) is 5.01. The Morgan fingerprint density at radius 2 is 1.87 bits per heavy atom. The van der Waals surface area contributed by atoms with Gasteiger partial charge in [0.15, 0.2) is 6.61 Å². The molecule has 156 valence electrons. The Kier molecular flexibility index (Phi) is 7.13. The molecule has 0 atom stereocenters. The first-order valence-corrected chi connectivity index (χ1v) is 10.7. The number of para-hydroxylation sites is 1. The molecule has 1 heterocycles. The molecule has 1 N–H and O–H groups in total. The smallest absolute Gasteiger partial charge is 0.341 e. The van der Waals surface area contributed by atoms with Crippen LogP contribution in [0.3, 0.4) is 0 Å². The maximum Gasteiger partial charge on any atom is 0.341 e. The van der Waals surface area contributed by atoms with E-state index in [0.717, 1.165) is 22.3 Å². The van der Waals surface area contributed by atoms with Gasteiger partial charge in [-0.25, -0.2) is 4.79 Å². The minimum absolute atomic E-state index is 0.233. The van der Waals surface area contributed by atoms with E-state index in [1.807, 2.05) is 31.4 Å².